The highest BCUT2D eigenvalue weighted by Crippen LogP contribution is 2.27. The number of aryl methyl sites for hydroxylation is 1. The number of hydrogen-bond donors (Lipinski definition) is 1. The van der Waals surface area contributed by atoms with E-state index in [1.807, 2.05) is 35.8 Å². The van der Waals surface area contributed by atoms with E-state index in [9.17, 15) is 4.79 Å². The van der Waals surface area contributed by atoms with E-state index < -0.39 is 0 Å². The van der Waals surface area contributed by atoms with Crippen LogP contribution in [0.25, 0.3) is 0 Å². The molecule has 0 saturated carbocycles. The Labute approximate surface area is 202 Å². The molecule has 11 heteroatoms. The van der Waals surface area contributed by atoms with Gasteiger partial charge in [-0.25, -0.2) is 0 Å². The molecule has 1 atom stereocenters. The quantitative estimate of drug-likeness (QED) is 0.367. The number of benzene rings is 1. The van der Waals surface area contributed by atoms with E-state index in [2.05, 4.69) is 46.5 Å². The zero-order valence-electron chi connectivity index (χ0n) is 19.6. The van der Waals surface area contributed by atoms with E-state index in [0.29, 0.717) is 27.8 Å². The first-order valence-electron chi connectivity index (χ1n) is 10.9. The molecule has 3 aromatic rings. The molecule has 178 valence electrons. The maximum absolute atomic E-state index is 12.4. The summed E-state index contributed by atoms with van der Waals surface area (Å²) < 4.78 is 13.4. The van der Waals surface area contributed by atoms with Gasteiger partial charge in [-0.3, -0.25) is 10.1 Å². The third-order valence-corrected chi connectivity index (χ3v) is 6.39. The fourth-order valence-electron chi connectivity index (χ4n) is 3.08. The standard InChI is InChI=1S/C22H30N6O3S2/c1-6-8-19-24-26-21(33-19)23-18(29)13-32-22-27-25-20(28(22)12-14(2)3)15(4)31-17-10-7-9-16(11-17)30-5/h7,9-11,14-15H,6,8,12-13H2,1-5H3,(H,23,26,29). The lowest BCUT2D eigenvalue weighted by Gasteiger charge is -2.18. The number of rotatable bonds is 12. The summed E-state index contributed by atoms with van der Waals surface area (Å²) in [6.45, 7) is 8.99. The fourth-order valence-corrected chi connectivity index (χ4v) is 4.69. The van der Waals surface area contributed by atoms with Gasteiger partial charge in [-0.15, -0.1) is 20.4 Å². The minimum atomic E-state index is -0.329. The molecule has 1 unspecified atom stereocenters. The molecule has 0 aliphatic heterocycles. The van der Waals surface area contributed by atoms with Crippen LogP contribution in [0.5, 0.6) is 11.5 Å². The normalized spacial score (nSPS) is 12.1. The van der Waals surface area contributed by atoms with E-state index in [0.717, 1.165) is 30.1 Å². The zero-order valence-corrected chi connectivity index (χ0v) is 21.2. The Morgan fingerprint density at radius 2 is 1.97 bits per heavy atom. The first-order valence-corrected chi connectivity index (χ1v) is 12.7. The van der Waals surface area contributed by atoms with Gasteiger partial charge in [0, 0.05) is 19.0 Å². The van der Waals surface area contributed by atoms with Crippen molar-refractivity contribution >= 4 is 34.1 Å². The number of amides is 1. The van der Waals surface area contributed by atoms with Crippen molar-refractivity contribution in [3.63, 3.8) is 0 Å². The van der Waals surface area contributed by atoms with E-state index >= 15 is 0 Å². The molecule has 3 rings (SSSR count). The molecule has 33 heavy (non-hydrogen) atoms. The Kier molecular flexibility index (Phi) is 9.07. The van der Waals surface area contributed by atoms with Gasteiger partial charge in [0.1, 0.15) is 16.5 Å². The highest BCUT2D eigenvalue weighted by molar-refractivity contribution is 7.99. The van der Waals surface area contributed by atoms with Crippen molar-refractivity contribution in [2.24, 2.45) is 5.92 Å². The summed E-state index contributed by atoms with van der Waals surface area (Å²) in [7, 11) is 1.62. The number of nitrogens with zero attached hydrogens (tertiary/aromatic N) is 5. The van der Waals surface area contributed by atoms with Crippen LogP contribution in [0, 0.1) is 5.92 Å². The van der Waals surface area contributed by atoms with E-state index in [1.54, 1.807) is 7.11 Å². The van der Waals surface area contributed by atoms with Gasteiger partial charge in [0.15, 0.2) is 17.1 Å². The van der Waals surface area contributed by atoms with Gasteiger partial charge in [0.25, 0.3) is 0 Å². The highest BCUT2D eigenvalue weighted by Gasteiger charge is 2.21. The average Bonchev–Trinajstić information content (AvgIpc) is 3.39. The molecule has 0 bridgehead atoms. The maximum atomic E-state index is 12.4. The third kappa shape index (κ3) is 7.16. The molecule has 1 aromatic carbocycles. The van der Waals surface area contributed by atoms with Crippen LogP contribution in [0.2, 0.25) is 0 Å². The van der Waals surface area contributed by atoms with E-state index in [-0.39, 0.29) is 17.8 Å². The second kappa shape index (κ2) is 12.0. The summed E-state index contributed by atoms with van der Waals surface area (Å²) >= 11 is 2.75. The molecular weight excluding hydrogens is 460 g/mol. The summed E-state index contributed by atoms with van der Waals surface area (Å²) in [5.74, 6) is 2.54. The summed E-state index contributed by atoms with van der Waals surface area (Å²) in [5.41, 5.74) is 0. The number of ether oxygens (including phenoxy) is 2. The van der Waals surface area contributed by atoms with Gasteiger partial charge >= 0.3 is 0 Å². The lowest BCUT2D eigenvalue weighted by Crippen LogP contribution is -2.17. The third-order valence-electron chi connectivity index (χ3n) is 4.52. The molecule has 2 aromatic heterocycles. The second-order valence-corrected chi connectivity index (χ2v) is 9.88. The molecule has 0 saturated heterocycles. The predicted molar refractivity (Wildman–Crippen MR) is 130 cm³/mol. The Morgan fingerprint density at radius 1 is 1.18 bits per heavy atom. The van der Waals surface area contributed by atoms with Gasteiger partial charge in [0.2, 0.25) is 11.0 Å². The molecule has 9 nitrogen and oxygen atoms in total. The second-order valence-electron chi connectivity index (χ2n) is 7.87. The number of carbonyl (C=O) groups excluding carboxylic acids is 1. The zero-order chi connectivity index (χ0) is 23.8. The molecule has 0 spiro atoms. The molecule has 0 fully saturated rings. The number of aromatic nitrogens is 5. The summed E-state index contributed by atoms with van der Waals surface area (Å²) in [6.07, 6.45) is 1.52. The minimum absolute atomic E-state index is 0.152. The number of methoxy groups -OCH3 is 1. The van der Waals surface area contributed by atoms with Gasteiger partial charge in [-0.05, 0) is 31.4 Å². The lowest BCUT2D eigenvalue weighted by molar-refractivity contribution is -0.113. The summed E-state index contributed by atoms with van der Waals surface area (Å²) in [5, 5.41) is 21.8. The minimum Gasteiger partial charge on any atom is -0.497 e. The number of hydrogen-bond acceptors (Lipinski definition) is 9. The van der Waals surface area contributed by atoms with Crippen LogP contribution in [-0.2, 0) is 17.8 Å². The number of nitrogens with one attached hydrogen (secondary N) is 1. The van der Waals surface area contributed by atoms with Crippen LogP contribution in [0.15, 0.2) is 29.4 Å². The SMILES string of the molecule is CCCc1nnc(NC(=O)CSc2nnc(C(C)Oc3cccc(OC)c3)n2CC(C)C)s1. The fraction of sp³-hybridized carbons (Fsp3) is 0.500. The Hall–Kier alpha value is -2.66. The largest absolute Gasteiger partial charge is 0.497 e. The van der Waals surface area contributed by atoms with Crippen molar-refractivity contribution in [2.75, 3.05) is 18.2 Å². The van der Waals surface area contributed by atoms with Gasteiger partial charge in [-0.1, -0.05) is 49.9 Å². The van der Waals surface area contributed by atoms with Crippen LogP contribution < -0.4 is 14.8 Å². The first kappa shape index (κ1) is 25.0. The molecule has 1 amide bonds. The summed E-state index contributed by atoms with van der Waals surface area (Å²) in [6, 6.07) is 7.45. The van der Waals surface area contributed by atoms with Crippen LogP contribution in [0.4, 0.5) is 5.13 Å². The van der Waals surface area contributed by atoms with Crippen LogP contribution in [0.3, 0.4) is 0 Å². The number of anilines is 1. The number of carbonyl (C=O) groups is 1. The van der Waals surface area contributed by atoms with Crippen molar-refractivity contribution < 1.29 is 14.3 Å². The highest BCUT2D eigenvalue weighted by atomic mass is 32.2. The lowest BCUT2D eigenvalue weighted by atomic mass is 10.2. The Balaban J connectivity index is 1.67. The van der Waals surface area contributed by atoms with E-state index in [1.165, 1.54) is 23.1 Å². The summed E-state index contributed by atoms with van der Waals surface area (Å²) in [4.78, 5) is 12.4. The molecular formula is C22H30N6O3S2. The Bertz CT molecular complexity index is 1050. The average molecular weight is 491 g/mol. The van der Waals surface area contributed by atoms with Crippen LogP contribution >= 0.6 is 23.1 Å². The van der Waals surface area contributed by atoms with Gasteiger partial charge in [0.05, 0.1) is 12.9 Å². The molecule has 0 aliphatic carbocycles. The smallest absolute Gasteiger partial charge is 0.236 e. The topological polar surface area (TPSA) is 104 Å². The maximum Gasteiger partial charge on any atom is 0.236 e. The molecule has 1 N–H and O–H groups in total. The van der Waals surface area contributed by atoms with Crippen molar-refractivity contribution in [1.29, 1.82) is 0 Å². The Morgan fingerprint density at radius 3 is 2.70 bits per heavy atom. The van der Waals surface area contributed by atoms with Crippen molar-refractivity contribution in [2.45, 2.75) is 58.3 Å². The molecule has 0 radical (unpaired) electrons. The van der Waals surface area contributed by atoms with Crippen LogP contribution in [-0.4, -0.2) is 43.7 Å². The van der Waals surface area contributed by atoms with Crippen molar-refractivity contribution in [3.05, 3.63) is 35.1 Å². The van der Waals surface area contributed by atoms with Crippen molar-refractivity contribution in [3.8, 4) is 11.5 Å². The molecule has 2 heterocycles. The van der Waals surface area contributed by atoms with Gasteiger partial charge < -0.3 is 14.0 Å². The monoisotopic (exact) mass is 490 g/mol. The number of thioether (sulfide) groups is 1. The van der Waals surface area contributed by atoms with Crippen molar-refractivity contribution in [1.82, 2.24) is 25.0 Å². The molecule has 0 aliphatic rings. The first-order chi connectivity index (χ1) is 15.9. The van der Waals surface area contributed by atoms with Gasteiger partial charge in [-0.2, -0.15) is 0 Å². The van der Waals surface area contributed by atoms with E-state index in [4.69, 9.17) is 9.47 Å². The predicted octanol–water partition coefficient (Wildman–Crippen LogP) is 4.62. The van der Waals surface area contributed by atoms with Crippen LogP contribution in [0.1, 0.15) is 51.1 Å².